The zero-order valence-corrected chi connectivity index (χ0v) is 12.3. The summed E-state index contributed by atoms with van der Waals surface area (Å²) in [5.74, 6) is 0. The van der Waals surface area contributed by atoms with Crippen LogP contribution >= 0.6 is 0 Å². The van der Waals surface area contributed by atoms with E-state index in [0.29, 0.717) is 6.04 Å². The number of nitrogens with zero attached hydrogens (tertiary/aromatic N) is 3. The minimum Gasteiger partial charge on any atom is -0.354 e. The first-order valence-electron chi connectivity index (χ1n) is 7.74. The van der Waals surface area contributed by atoms with Gasteiger partial charge in [0.2, 0.25) is 0 Å². The van der Waals surface area contributed by atoms with E-state index in [1.165, 1.54) is 24.8 Å². The highest BCUT2D eigenvalue weighted by molar-refractivity contribution is 5.30. The first-order chi connectivity index (χ1) is 9.86. The molecule has 0 amide bonds. The van der Waals surface area contributed by atoms with E-state index in [1.54, 1.807) is 5.56 Å². The summed E-state index contributed by atoms with van der Waals surface area (Å²) in [5, 5.41) is 3.61. The Morgan fingerprint density at radius 2 is 2.20 bits per heavy atom. The Morgan fingerprint density at radius 1 is 1.30 bits per heavy atom. The van der Waals surface area contributed by atoms with Crippen molar-refractivity contribution in [3.8, 4) is 0 Å². The van der Waals surface area contributed by atoms with Gasteiger partial charge in [0.05, 0.1) is 6.33 Å². The largest absolute Gasteiger partial charge is 0.354 e. The second kappa shape index (κ2) is 6.27. The average Bonchev–Trinajstić information content (AvgIpc) is 3.08. The second-order valence-corrected chi connectivity index (χ2v) is 5.63. The van der Waals surface area contributed by atoms with Crippen LogP contribution in [0.1, 0.15) is 43.4 Å². The molecule has 0 radical (unpaired) electrons. The van der Waals surface area contributed by atoms with Gasteiger partial charge >= 0.3 is 0 Å². The van der Waals surface area contributed by atoms with Gasteiger partial charge in [0, 0.05) is 43.9 Å². The van der Waals surface area contributed by atoms with Crippen LogP contribution in [0.15, 0.2) is 31.1 Å². The molecule has 1 atom stereocenters. The molecule has 0 aliphatic heterocycles. The number of aryl methyl sites for hydroxylation is 3. The molecule has 4 heteroatoms. The Labute approximate surface area is 120 Å². The summed E-state index contributed by atoms with van der Waals surface area (Å²) in [7, 11) is 0. The molecular formula is C16H24N4. The van der Waals surface area contributed by atoms with E-state index in [2.05, 4.69) is 38.8 Å². The lowest BCUT2D eigenvalue weighted by molar-refractivity contribution is 0.473. The number of fused-ring (bicyclic) bond motifs is 1. The van der Waals surface area contributed by atoms with Crippen LogP contribution in [0, 0.1) is 0 Å². The fourth-order valence-electron chi connectivity index (χ4n) is 3.19. The van der Waals surface area contributed by atoms with Gasteiger partial charge in [-0.15, -0.1) is 0 Å². The monoisotopic (exact) mass is 272 g/mol. The van der Waals surface area contributed by atoms with Crippen LogP contribution in [0.2, 0.25) is 0 Å². The van der Waals surface area contributed by atoms with E-state index in [1.807, 2.05) is 18.7 Å². The predicted molar refractivity (Wildman–Crippen MR) is 80.6 cm³/mol. The van der Waals surface area contributed by atoms with Gasteiger partial charge in [0.15, 0.2) is 0 Å². The molecule has 2 aromatic rings. The summed E-state index contributed by atoms with van der Waals surface area (Å²) >= 11 is 0. The molecule has 0 saturated carbocycles. The van der Waals surface area contributed by atoms with Crippen molar-refractivity contribution in [1.82, 2.24) is 19.4 Å². The molecule has 108 valence electrons. The maximum Gasteiger partial charge on any atom is 0.0945 e. The zero-order chi connectivity index (χ0) is 13.8. The number of rotatable bonds is 6. The molecule has 2 aromatic heterocycles. The fourth-order valence-corrected chi connectivity index (χ4v) is 3.19. The molecule has 1 N–H and O–H groups in total. The SMILES string of the molecule is CCNC1CCCc2cn(CCCn3ccnc3)cc21. The maximum atomic E-state index is 4.08. The summed E-state index contributed by atoms with van der Waals surface area (Å²) in [6, 6.07) is 0.568. The van der Waals surface area contributed by atoms with E-state index in [0.717, 1.165) is 26.1 Å². The quantitative estimate of drug-likeness (QED) is 0.877. The Hall–Kier alpha value is -1.55. The summed E-state index contributed by atoms with van der Waals surface area (Å²) in [6.07, 6.45) is 15.5. The molecule has 0 bridgehead atoms. The first kappa shape index (κ1) is 13.4. The number of imidazole rings is 1. The molecule has 1 aliphatic rings. The summed E-state index contributed by atoms with van der Waals surface area (Å²) < 4.78 is 4.52. The van der Waals surface area contributed by atoms with Crippen molar-refractivity contribution in [3.05, 3.63) is 42.2 Å². The van der Waals surface area contributed by atoms with Crippen LogP contribution in [-0.2, 0) is 19.5 Å². The summed E-state index contributed by atoms with van der Waals surface area (Å²) in [6.45, 7) is 5.37. The lowest BCUT2D eigenvalue weighted by Gasteiger charge is -2.22. The van der Waals surface area contributed by atoms with Gasteiger partial charge in [0.25, 0.3) is 0 Å². The van der Waals surface area contributed by atoms with Crippen LogP contribution in [0.5, 0.6) is 0 Å². The van der Waals surface area contributed by atoms with E-state index in [9.17, 15) is 0 Å². The first-order valence-corrected chi connectivity index (χ1v) is 7.74. The van der Waals surface area contributed by atoms with Gasteiger partial charge in [-0.05, 0) is 43.4 Å². The summed E-state index contributed by atoms with van der Waals surface area (Å²) in [5.41, 5.74) is 3.07. The maximum absolute atomic E-state index is 4.08. The van der Waals surface area contributed by atoms with Crippen molar-refractivity contribution >= 4 is 0 Å². The fraction of sp³-hybridized carbons (Fsp3) is 0.562. The standard InChI is InChI=1S/C16H24N4/c1-2-18-16-6-3-5-14-11-20(12-15(14)16)9-4-8-19-10-7-17-13-19/h7,10-13,16,18H,2-6,8-9H2,1H3. The van der Waals surface area contributed by atoms with Crippen LogP contribution < -0.4 is 5.32 Å². The Balaban J connectivity index is 1.60. The Morgan fingerprint density at radius 3 is 3.00 bits per heavy atom. The van der Waals surface area contributed by atoms with Gasteiger partial charge in [-0.1, -0.05) is 6.92 Å². The molecule has 0 saturated heterocycles. The van der Waals surface area contributed by atoms with E-state index in [4.69, 9.17) is 0 Å². The third-order valence-corrected chi connectivity index (χ3v) is 4.15. The van der Waals surface area contributed by atoms with Crippen LogP contribution in [-0.4, -0.2) is 20.7 Å². The highest BCUT2D eigenvalue weighted by atomic mass is 15.0. The molecule has 20 heavy (non-hydrogen) atoms. The van der Waals surface area contributed by atoms with Gasteiger partial charge in [0.1, 0.15) is 0 Å². The Bertz CT molecular complexity index is 527. The van der Waals surface area contributed by atoms with Gasteiger partial charge in [-0.2, -0.15) is 0 Å². The molecular weight excluding hydrogens is 248 g/mol. The number of aromatic nitrogens is 3. The molecule has 0 spiro atoms. The lowest BCUT2D eigenvalue weighted by atomic mass is 9.91. The topological polar surface area (TPSA) is 34.8 Å². The van der Waals surface area contributed by atoms with Crippen molar-refractivity contribution < 1.29 is 0 Å². The van der Waals surface area contributed by atoms with Gasteiger partial charge in [-0.3, -0.25) is 0 Å². The van der Waals surface area contributed by atoms with Crippen molar-refractivity contribution in [2.45, 2.75) is 51.7 Å². The molecule has 0 fully saturated rings. The molecule has 2 heterocycles. The third-order valence-electron chi connectivity index (χ3n) is 4.15. The minimum absolute atomic E-state index is 0.568. The average molecular weight is 272 g/mol. The van der Waals surface area contributed by atoms with Crippen LogP contribution in [0.25, 0.3) is 0 Å². The van der Waals surface area contributed by atoms with E-state index >= 15 is 0 Å². The molecule has 1 unspecified atom stereocenters. The van der Waals surface area contributed by atoms with Crippen molar-refractivity contribution in [2.75, 3.05) is 6.54 Å². The van der Waals surface area contributed by atoms with Crippen LogP contribution in [0.3, 0.4) is 0 Å². The van der Waals surface area contributed by atoms with Crippen LogP contribution in [0.4, 0.5) is 0 Å². The number of hydrogen-bond acceptors (Lipinski definition) is 2. The predicted octanol–water partition coefficient (Wildman–Crippen LogP) is 2.76. The van der Waals surface area contributed by atoms with E-state index in [-0.39, 0.29) is 0 Å². The molecule has 3 rings (SSSR count). The van der Waals surface area contributed by atoms with E-state index < -0.39 is 0 Å². The minimum atomic E-state index is 0.568. The lowest BCUT2D eigenvalue weighted by Crippen LogP contribution is -2.23. The molecule has 1 aliphatic carbocycles. The molecule has 4 nitrogen and oxygen atoms in total. The van der Waals surface area contributed by atoms with Crippen molar-refractivity contribution in [2.24, 2.45) is 0 Å². The van der Waals surface area contributed by atoms with Gasteiger partial charge in [-0.25, -0.2) is 4.98 Å². The summed E-state index contributed by atoms with van der Waals surface area (Å²) in [4.78, 5) is 4.08. The third kappa shape index (κ3) is 2.96. The van der Waals surface area contributed by atoms with Crippen molar-refractivity contribution in [3.63, 3.8) is 0 Å². The smallest absolute Gasteiger partial charge is 0.0945 e. The number of nitrogens with one attached hydrogen (secondary N) is 1. The van der Waals surface area contributed by atoms with Gasteiger partial charge < -0.3 is 14.5 Å². The normalized spacial score (nSPS) is 18.1. The van der Waals surface area contributed by atoms with Crippen molar-refractivity contribution in [1.29, 1.82) is 0 Å². The second-order valence-electron chi connectivity index (χ2n) is 5.63. The zero-order valence-electron chi connectivity index (χ0n) is 12.3. The molecule has 0 aromatic carbocycles. The number of hydrogen-bond donors (Lipinski definition) is 1. The highest BCUT2D eigenvalue weighted by Crippen LogP contribution is 2.30. The Kier molecular flexibility index (Phi) is 4.21. The highest BCUT2D eigenvalue weighted by Gasteiger charge is 2.20.